The first-order chi connectivity index (χ1) is 10.7. The minimum atomic E-state index is -4.60. The normalized spacial score (nSPS) is 11.2. The number of alkyl halides is 3. The molecule has 2 aromatic rings. The Labute approximate surface area is 135 Å². The van der Waals surface area contributed by atoms with Gasteiger partial charge in [-0.15, -0.1) is 0 Å². The molecule has 0 spiro atoms. The summed E-state index contributed by atoms with van der Waals surface area (Å²) in [6.07, 6.45) is -3.94. The zero-order chi connectivity index (χ0) is 17.2. The van der Waals surface area contributed by atoms with Crippen LogP contribution in [0.3, 0.4) is 0 Å². The largest absolute Gasteiger partial charge is 0.419 e. The van der Waals surface area contributed by atoms with Crippen LogP contribution in [0.1, 0.15) is 15.9 Å². The molecule has 0 bridgehead atoms. The van der Waals surface area contributed by atoms with Gasteiger partial charge in [0.05, 0.1) is 22.5 Å². The highest BCUT2D eigenvalue weighted by Gasteiger charge is 2.34. The minimum Gasteiger partial charge on any atom is -0.354 e. The van der Waals surface area contributed by atoms with Crippen molar-refractivity contribution in [2.45, 2.75) is 6.18 Å². The van der Waals surface area contributed by atoms with Crippen molar-refractivity contribution in [1.29, 1.82) is 0 Å². The molecule has 122 valence electrons. The number of aromatic nitrogens is 1. The number of nitrogens with one attached hydrogen (secondary N) is 1. The molecule has 0 aliphatic rings. The highest BCUT2D eigenvalue weighted by molar-refractivity contribution is 6.29. The van der Waals surface area contributed by atoms with E-state index in [1.54, 1.807) is 26.2 Å². The molecule has 1 aromatic heterocycles. The zero-order valence-electron chi connectivity index (χ0n) is 12.3. The maximum absolute atomic E-state index is 13.1. The molecule has 1 heterocycles. The number of benzene rings is 1. The second-order valence-corrected chi connectivity index (χ2v) is 5.31. The maximum atomic E-state index is 13.1. The van der Waals surface area contributed by atoms with Gasteiger partial charge in [-0.1, -0.05) is 23.7 Å². The molecule has 1 aromatic carbocycles. The lowest BCUT2D eigenvalue weighted by molar-refractivity contribution is -0.137. The third-order valence-corrected chi connectivity index (χ3v) is 3.22. The highest BCUT2D eigenvalue weighted by Crippen LogP contribution is 2.37. The van der Waals surface area contributed by atoms with Gasteiger partial charge in [0.2, 0.25) is 0 Å². The van der Waals surface area contributed by atoms with Gasteiger partial charge in [0.25, 0.3) is 5.91 Å². The standard InChI is InChI=1S/C15H13ClF3N3O/c1-22(2)14(23)9-5-3-4-6-11(9)21-12-7-13(16)20-8-10(12)15(17,18)19/h3-8H,1-2H3,(H,20,21). The van der Waals surface area contributed by atoms with Crippen molar-refractivity contribution in [2.75, 3.05) is 19.4 Å². The van der Waals surface area contributed by atoms with E-state index in [-0.39, 0.29) is 28.0 Å². The van der Waals surface area contributed by atoms with E-state index in [1.807, 2.05) is 0 Å². The molecule has 23 heavy (non-hydrogen) atoms. The van der Waals surface area contributed by atoms with Crippen LogP contribution in [0.2, 0.25) is 5.15 Å². The maximum Gasteiger partial charge on any atom is 0.419 e. The van der Waals surface area contributed by atoms with Gasteiger partial charge in [0, 0.05) is 20.3 Å². The average molecular weight is 344 g/mol. The number of hydrogen-bond donors (Lipinski definition) is 1. The van der Waals surface area contributed by atoms with E-state index < -0.39 is 11.7 Å². The van der Waals surface area contributed by atoms with Crippen molar-refractivity contribution in [3.8, 4) is 0 Å². The summed E-state index contributed by atoms with van der Waals surface area (Å²) in [7, 11) is 3.12. The Bertz CT molecular complexity index is 732. The molecule has 8 heteroatoms. The molecule has 0 radical (unpaired) electrons. The number of pyridine rings is 1. The van der Waals surface area contributed by atoms with Crippen molar-refractivity contribution in [3.63, 3.8) is 0 Å². The van der Waals surface area contributed by atoms with Crippen LogP contribution in [0.25, 0.3) is 0 Å². The molecule has 0 atom stereocenters. The molecule has 0 fully saturated rings. The van der Waals surface area contributed by atoms with Crippen molar-refractivity contribution >= 4 is 28.9 Å². The van der Waals surface area contributed by atoms with Gasteiger partial charge in [-0.3, -0.25) is 4.79 Å². The molecule has 0 aliphatic carbocycles. The predicted octanol–water partition coefficient (Wildman–Crippen LogP) is 4.20. The Morgan fingerprint density at radius 3 is 2.48 bits per heavy atom. The zero-order valence-corrected chi connectivity index (χ0v) is 13.0. The van der Waals surface area contributed by atoms with Crippen LogP contribution in [0.4, 0.5) is 24.5 Å². The lowest BCUT2D eigenvalue weighted by Crippen LogP contribution is -2.22. The lowest BCUT2D eigenvalue weighted by atomic mass is 10.1. The molecule has 0 unspecified atom stereocenters. The monoisotopic (exact) mass is 343 g/mol. The fourth-order valence-electron chi connectivity index (χ4n) is 1.92. The first-order valence-electron chi connectivity index (χ1n) is 6.50. The van der Waals surface area contributed by atoms with Crippen LogP contribution in [0.15, 0.2) is 36.5 Å². The SMILES string of the molecule is CN(C)C(=O)c1ccccc1Nc1cc(Cl)ncc1C(F)(F)F. The van der Waals surface area contributed by atoms with Gasteiger partial charge in [-0.05, 0) is 18.2 Å². The number of hydrogen-bond acceptors (Lipinski definition) is 3. The number of para-hydroxylation sites is 1. The van der Waals surface area contributed by atoms with Crippen LogP contribution in [0.5, 0.6) is 0 Å². The Morgan fingerprint density at radius 1 is 1.22 bits per heavy atom. The number of rotatable bonds is 3. The molecule has 2 rings (SSSR count). The van der Waals surface area contributed by atoms with Crippen LogP contribution < -0.4 is 5.32 Å². The summed E-state index contributed by atoms with van der Waals surface area (Å²) < 4.78 is 39.2. The van der Waals surface area contributed by atoms with Gasteiger partial charge < -0.3 is 10.2 Å². The van der Waals surface area contributed by atoms with Gasteiger partial charge in [-0.25, -0.2) is 4.98 Å². The van der Waals surface area contributed by atoms with Gasteiger partial charge >= 0.3 is 6.18 Å². The molecular formula is C15H13ClF3N3O. The van der Waals surface area contributed by atoms with E-state index >= 15 is 0 Å². The van der Waals surface area contributed by atoms with E-state index in [4.69, 9.17) is 11.6 Å². The van der Waals surface area contributed by atoms with E-state index in [0.717, 1.165) is 6.07 Å². The summed E-state index contributed by atoms with van der Waals surface area (Å²) in [5, 5.41) is 2.55. The molecular weight excluding hydrogens is 331 g/mol. The van der Waals surface area contributed by atoms with Crippen LogP contribution >= 0.6 is 11.6 Å². The first-order valence-corrected chi connectivity index (χ1v) is 6.88. The van der Waals surface area contributed by atoms with Crippen molar-refractivity contribution in [3.05, 3.63) is 52.8 Å². The van der Waals surface area contributed by atoms with Crippen molar-refractivity contribution in [1.82, 2.24) is 9.88 Å². The number of halogens is 4. The lowest BCUT2D eigenvalue weighted by Gasteiger charge is -2.18. The fraction of sp³-hybridized carbons (Fsp3) is 0.200. The smallest absolute Gasteiger partial charge is 0.354 e. The first kappa shape index (κ1) is 17.1. The second kappa shape index (κ2) is 6.45. The van der Waals surface area contributed by atoms with Gasteiger partial charge in [-0.2, -0.15) is 13.2 Å². The molecule has 0 saturated heterocycles. The number of amides is 1. The Kier molecular flexibility index (Phi) is 4.79. The molecule has 0 saturated carbocycles. The topological polar surface area (TPSA) is 45.2 Å². The summed E-state index contributed by atoms with van der Waals surface area (Å²) in [6.45, 7) is 0. The summed E-state index contributed by atoms with van der Waals surface area (Å²) in [6, 6.07) is 7.37. The summed E-state index contributed by atoms with van der Waals surface area (Å²) in [4.78, 5) is 16.9. The predicted molar refractivity (Wildman–Crippen MR) is 82.0 cm³/mol. The van der Waals surface area contributed by atoms with E-state index in [1.165, 1.54) is 17.0 Å². The fourth-order valence-corrected chi connectivity index (χ4v) is 2.08. The number of nitrogens with zero attached hydrogens (tertiary/aromatic N) is 2. The Morgan fingerprint density at radius 2 is 1.87 bits per heavy atom. The molecule has 4 nitrogen and oxygen atoms in total. The number of anilines is 2. The quantitative estimate of drug-likeness (QED) is 0.850. The van der Waals surface area contributed by atoms with Crippen LogP contribution in [-0.4, -0.2) is 29.9 Å². The Hall–Kier alpha value is -2.28. The number of carbonyl (C=O) groups excluding carboxylic acids is 1. The van der Waals surface area contributed by atoms with Crippen molar-refractivity contribution < 1.29 is 18.0 Å². The second-order valence-electron chi connectivity index (χ2n) is 4.92. The van der Waals surface area contributed by atoms with Crippen molar-refractivity contribution in [2.24, 2.45) is 0 Å². The summed E-state index contributed by atoms with van der Waals surface area (Å²) in [5.41, 5.74) is -0.733. The van der Waals surface area contributed by atoms with Gasteiger partial charge in [0.1, 0.15) is 5.15 Å². The summed E-state index contributed by atoms with van der Waals surface area (Å²) >= 11 is 5.69. The average Bonchev–Trinajstić information content (AvgIpc) is 2.45. The minimum absolute atomic E-state index is 0.0862. The van der Waals surface area contributed by atoms with Crippen LogP contribution in [0, 0.1) is 0 Å². The third-order valence-electron chi connectivity index (χ3n) is 3.01. The van der Waals surface area contributed by atoms with E-state index in [2.05, 4.69) is 10.3 Å². The van der Waals surface area contributed by atoms with E-state index in [9.17, 15) is 18.0 Å². The van der Waals surface area contributed by atoms with Crippen LogP contribution in [-0.2, 0) is 6.18 Å². The van der Waals surface area contributed by atoms with E-state index in [0.29, 0.717) is 6.20 Å². The number of carbonyl (C=O) groups is 1. The third kappa shape index (κ3) is 3.92. The highest BCUT2D eigenvalue weighted by atomic mass is 35.5. The molecule has 1 amide bonds. The summed E-state index contributed by atoms with van der Waals surface area (Å²) in [5.74, 6) is -0.332. The Balaban J connectivity index is 2.49. The molecule has 1 N–H and O–H groups in total. The molecule has 0 aliphatic heterocycles. The van der Waals surface area contributed by atoms with Gasteiger partial charge in [0.15, 0.2) is 0 Å².